The average molecular weight is 443 g/mol. The minimum absolute atomic E-state index is 0.0496. The Bertz CT molecular complexity index is 1370. The monoisotopic (exact) mass is 443 g/mol. The number of aryl methyl sites for hydroxylation is 1. The van der Waals surface area contributed by atoms with E-state index in [1.54, 1.807) is 23.7 Å². The zero-order chi connectivity index (χ0) is 23.4. The summed E-state index contributed by atoms with van der Waals surface area (Å²) in [6.07, 6.45) is 5.11. The molecule has 4 rings (SSSR count). The van der Waals surface area contributed by atoms with E-state index in [0.717, 1.165) is 11.3 Å². The maximum atomic E-state index is 13.1. The lowest BCUT2D eigenvalue weighted by Crippen LogP contribution is -2.28. The van der Waals surface area contributed by atoms with Crippen molar-refractivity contribution in [3.05, 3.63) is 71.8 Å². The molecule has 0 saturated carbocycles. The summed E-state index contributed by atoms with van der Waals surface area (Å²) < 4.78 is 3.02. The van der Waals surface area contributed by atoms with Gasteiger partial charge in [-0.25, -0.2) is 4.98 Å². The van der Waals surface area contributed by atoms with Gasteiger partial charge >= 0.3 is 0 Å². The van der Waals surface area contributed by atoms with Gasteiger partial charge in [0.2, 0.25) is 0 Å². The number of pyridine rings is 1. The molecule has 10 nitrogen and oxygen atoms in total. The number of aliphatic hydroxyl groups is 1. The van der Waals surface area contributed by atoms with Crippen LogP contribution in [-0.2, 0) is 7.05 Å². The minimum atomic E-state index is -0.585. The van der Waals surface area contributed by atoms with Crippen LogP contribution in [0.1, 0.15) is 32.8 Å². The number of anilines is 1. The number of nitrogens with one attached hydrogen (secondary N) is 2. The number of carbonyl (C=O) groups excluding carboxylic acids is 2. The summed E-state index contributed by atoms with van der Waals surface area (Å²) in [5.41, 5.74) is 2.87. The van der Waals surface area contributed by atoms with Gasteiger partial charge in [0.1, 0.15) is 17.4 Å². The molecule has 0 unspecified atom stereocenters. The number of aromatic nitrogens is 4. The molecule has 0 bridgehead atoms. The molecule has 0 radical (unpaired) electrons. The van der Waals surface area contributed by atoms with E-state index in [2.05, 4.69) is 26.8 Å². The highest BCUT2D eigenvalue weighted by atomic mass is 16.3. The van der Waals surface area contributed by atoms with Crippen molar-refractivity contribution in [3.63, 3.8) is 0 Å². The van der Waals surface area contributed by atoms with Crippen LogP contribution in [0.3, 0.4) is 0 Å². The number of fused-ring (bicyclic) bond motifs is 1. The highest BCUT2D eigenvalue weighted by Gasteiger charge is 2.23. The number of benzene rings is 1. The normalized spacial score (nSPS) is 10.7. The average Bonchev–Trinajstić information content (AvgIpc) is 3.42. The van der Waals surface area contributed by atoms with Crippen LogP contribution in [0.5, 0.6) is 0 Å². The van der Waals surface area contributed by atoms with Crippen LogP contribution in [-0.4, -0.2) is 49.2 Å². The number of nitrogens with zero attached hydrogens (tertiary/aromatic N) is 5. The summed E-state index contributed by atoms with van der Waals surface area (Å²) in [7, 11) is 1.55. The van der Waals surface area contributed by atoms with Crippen molar-refractivity contribution in [1.82, 2.24) is 24.5 Å². The number of aliphatic hydroxyl groups excluding tert-OH is 1. The maximum absolute atomic E-state index is 13.1. The second kappa shape index (κ2) is 9.33. The van der Waals surface area contributed by atoms with E-state index in [9.17, 15) is 14.9 Å². The van der Waals surface area contributed by atoms with Crippen molar-refractivity contribution in [2.45, 2.75) is 6.42 Å². The molecule has 33 heavy (non-hydrogen) atoms. The Morgan fingerprint density at radius 2 is 1.97 bits per heavy atom. The molecule has 3 N–H and O–H groups in total. The Labute approximate surface area is 189 Å². The van der Waals surface area contributed by atoms with E-state index in [4.69, 9.17) is 5.11 Å². The molecule has 0 spiro atoms. The van der Waals surface area contributed by atoms with E-state index in [0.29, 0.717) is 12.1 Å². The van der Waals surface area contributed by atoms with Gasteiger partial charge in [-0.05, 0) is 6.42 Å². The Hall–Kier alpha value is -4.49. The Morgan fingerprint density at radius 3 is 2.70 bits per heavy atom. The quantitative estimate of drug-likeness (QED) is 0.374. The lowest BCUT2D eigenvalue weighted by molar-refractivity contribution is 0.0936. The largest absolute Gasteiger partial charge is 0.396 e. The third-order valence-electron chi connectivity index (χ3n) is 5.05. The molecule has 0 saturated heterocycles. The second-order valence-corrected chi connectivity index (χ2v) is 7.29. The molecule has 1 aromatic carbocycles. The molecule has 166 valence electrons. The number of imidazole rings is 1. The van der Waals surface area contributed by atoms with Gasteiger partial charge in [-0.15, -0.1) is 0 Å². The SMILES string of the molecule is Cn1ncc(C(=O)NCCCO)c1C(=O)Nc1cc2nc(-c3ccccc3)cn2cc1C#N. The molecule has 0 fully saturated rings. The third kappa shape index (κ3) is 4.44. The molecular formula is C23H21N7O3. The third-order valence-corrected chi connectivity index (χ3v) is 5.05. The fourth-order valence-electron chi connectivity index (χ4n) is 3.40. The van der Waals surface area contributed by atoms with Crippen LogP contribution in [0, 0.1) is 11.3 Å². The van der Waals surface area contributed by atoms with Gasteiger partial charge in [0, 0.05) is 44.2 Å². The molecule has 10 heteroatoms. The Morgan fingerprint density at radius 1 is 1.18 bits per heavy atom. The summed E-state index contributed by atoms with van der Waals surface area (Å²) in [5.74, 6) is -1.06. The molecule has 0 aliphatic carbocycles. The van der Waals surface area contributed by atoms with Gasteiger partial charge in [-0.2, -0.15) is 10.4 Å². The van der Waals surface area contributed by atoms with Gasteiger partial charge in [0.05, 0.1) is 28.7 Å². The van der Waals surface area contributed by atoms with Crippen LogP contribution >= 0.6 is 0 Å². The van der Waals surface area contributed by atoms with Gasteiger partial charge in [-0.1, -0.05) is 30.3 Å². The highest BCUT2D eigenvalue weighted by molar-refractivity contribution is 6.11. The maximum Gasteiger partial charge on any atom is 0.274 e. The van der Waals surface area contributed by atoms with Crippen molar-refractivity contribution in [3.8, 4) is 17.3 Å². The van der Waals surface area contributed by atoms with Crippen LogP contribution in [0.15, 0.2) is 55.0 Å². The van der Waals surface area contributed by atoms with E-state index in [-0.39, 0.29) is 35.7 Å². The molecule has 2 amide bonds. The van der Waals surface area contributed by atoms with E-state index >= 15 is 0 Å². The first kappa shape index (κ1) is 21.7. The summed E-state index contributed by atoms with van der Waals surface area (Å²) >= 11 is 0. The van der Waals surface area contributed by atoms with Crippen LogP contribution in [0.2, 0.25) is 0 Å². The van der Waals surface area contributed by atoms with Gasteiger partial charge in [-0.3, -0.25) is 14.3 Å². The number of rotatable bonds is 7. The number of nitriles is 1. The molecule has 0 atom stereocenters. The zero-order valence-corrected chi connectivity index (χ0v) is 17.8. The van der Waals surface area contributed by atoms with Crippen LogP contribution < -0.4 is 10.6 Å². The van der Waals surface area contributed by atoms with Crippen molar-refractivity contribution in [1.29, 1.82) is 5.26 Å². The van der Waals surface area contributed by atoms with Gasteiger partial charge in [0.15, 0.2) is 0 Å². The fourth-order valence-corrected chi connectivity index (χ4v) is 3.40. The Kier molecular flexibility index (Phi) is 6.15. The number of hydrogen-bond donors (Lipinski definition) is 3. The predicted molar refractivity (Wildman–Crippen MR) is 121 cm³/mol. The van der Waals surface area contributed by atoms with Crippen molar-refractivity contribution in [2.75, 3.05) is 18.5 Å². The van der Waals surface area contributed by atoms with E-state index in [1.807, 2.05) is 36.5 Å². The molecule has 4 aromatic rings. The smallest absolute Gasteiger partial charge is 0.274 e. The standard InChI is InChI=1S/C23H21N7O3/c1-29-21(17(12-26-29)22(32)25-8-5-9-31)23(33)28-18-10-20-27-19(15-6-3-2-4-7-15)14-30(20)13-16(18)11-24/h2-4,6-7,10,12-14,31H,5,8-9H2,1H3,(H,25,32)(H,28,33). The van der Waals surface area contributed by atoms with Crippen LogP contribution in [0.4, 0.5) is 5.69 Å². The molecule has 3 aromatic heterocycles. The van der Waals surface area contributed by atoms with Crippen molar-refractivity contribution in [2.24, 2.45) is 7.05 Å². The summed E-state index contributed by atoms with van der Waals surface area (Å²) in [5, 5.41) is 27.9. The highest BCUT2D eigenvalue weighted by Crippen LogP contribution is 2.24. The van der Waals surface area contributed by atoms with Crippen molar-refractivity contribution < 1.29 is 14.7 Å². The lowest BCUT2D eigenvalue weighted by Gasteiger charge is -2.10. The van der Waals surface area contributed by atoms with Gasteiger partial charge < -0.3 is 20.1 Å². The summed E-state index contributed by atoms with van der Waals surface area (Å²) in [6, 6.07) is 13.3. The molecule has 0 aliphatic heterocycles. The minimum Gasteiger partial charge on any atom is -0.396 e. The van der Waals surface area contributed by atoms with Gasteiger partial charge in [0.25, 0.3) is 11.8 Å². The number of amides is 2. The molecular weight excluding hydrogens is 422 g/mol. The number of hydrogen-bond acceptors (Lipinski definition) is 6. The Balaban J connectivity index is 1.64. The predicted octanol–water partition coefficient (Wildman–Crippen LogP) is 1.97. The first-order chi connectivity index (χ1) is 16.0. The molecule has 0 aliphatic rings. The zero-order valence-electron chi connectivity index (χ0n) is 17.8. The lowest BCUT2D eigenvalue weighted by atomic mass is 10.2. The second-order valence-electron chi connectivity index (χ2n) is 7.29. The summed E-state index contributed by atoms with van der Waals surface area (Å²) in [6.45, 7) is 0.212. The topological polar surface area (TPSA) is 137 Å². The first-order valence-electron chi connectivity index (χ1n) is 10.2. The van der Waals surface area contributed by atoms with E-state index < -0.39 is 11.8 Å². The first-order valence-corrected chi connectivity index (χ1v) is 10.2. The molecule has 3 heterocycles. The van der Waals surface area contributed by atoms with Crippen LogP contribution in [0.25, 0.3) is 16.9 Å². The van der Waals surface area contributed by atoms with Crippen molar-refractivity contribution >= 4 is 23.1 Å². The van der Waals surface area contributed by atoms with E-state index in [1.165, 1.54) is 10.9 Å². The summed E-state index contributed by atoms with van der Waals surface area (Å²) in [4.78, 5) is 30.1. The number of carbonyl (C=O) groups is 2. The fraction of sp³-hybridized carbons (Fsp3) is 0.174.